The van der Waals surface area contributed by atoms with Gasteiger partial charge in [0.25, 0.3) is 11.8 Å². The average molecular weight is 271 g/mol. The first-order chi connectivity index (χ1) is 9.65. The van der Waals surface area contributed by atoms with Crippen molar-refractivity contribution >= 4 is 17.9 Å². The summed E-state index contributed by atoms with van der Waals surface area (Å²) in [5, 5.41) is 3.96. The molecule has 0 unspecified atom stereocenters. The fourth-order valence-corrected chi connectivity index (χ4v) is 1.42. The molecule has 2 heterocycles. The molecule has 2 aromatic rings. The van der Waals surface area contributed by atoms with Crippen molar-refractivity contribution in [2.45, 2.75) is 0 Å². The topological polar surface area (TPSA) is 88.9 Å². The second-order valence-corrected chi connectivity index (χ2v) is 3.94. The quantitative estimate of drug-likeness (QED) is 0.620. The predicted octanol–water partition coefficient (Wildman–Crippen LogP) is 0.289. The summed E-state index contributed by atoms with van der Waals surface area (Å²) in [5.74, 6) is -0.924. The number of rotatable bonds is 3. The van der Waals surface area contributed by atoms with E-state index in [4.69, 9.17) is 0 Å². The van der Waals surface area contributed by atoms with Gasteiger partial charge in [-0.25, -0.2) is 0 Å². The number of hydrazine groups is 1. The number of hydrogen-bond donors (Lipinski definition) is 2. The molecule has 0 aromatic carbocycles. The Labute approximate surface area is 115 Å². The number of carbonyl (C=O) groups is 2. The molecule has 0 saturated carbocycles. The highest BCUT2D eigenvalue weighted by molar-refractivity contribution is 5.96. The van der Waals surface area contributed by atoms with E-state index in [1.165, 1.54) is 12.3 Å². The van der Waals surface area contributed by atoms with Gasteiger partial charge in [0.1, 0.15) is 5.69 Å². The van der Waals surface area contributed by atoms with Gasteiger partial charge in [-0.1, -0.05) is 6.07 Å². The smallest absolute Gasteiger partial charge is 0.275 e. The molecule has 0 aliphatic rings. The van der Waals surface area contributed by atoms with Crippen molar-refractivity contribution in [1.29, 1.82) is 0 Å². The molecule has 0 aliphatic heterocycles. The summed E-state index contributed by atoms with van der Waals surface area (Å²) < 4.78 is 1.63. The van der Waals surface area contributed by atoms with E-state index in [0.29, 0.717) is 0 Å². The molecule has 2 amide bonds. The van der Waals surface area contributed by atoms with Crippen molar-refractivity contribution < 1.29 is 9.59 Å². The monoisotopic (exact) mass is 271 g/mol. The Bertz CT molecular complexity index is 633. The van der Waals surface area contributed by atoms with Crippen molar-refractivity contribution in [3.05, 3.63) is 54.1 Å². The van der Waals surface area contributed by atoms with E-state index in [1.54, 1.807) is 48.4 Å². The van der Waals surface area contributed by atoms with Crippen molar-refractivity contribution in [2.24, 2.45) is 7.05 Å². The van der Waals surface area contributed by atoms with Gasteiger partial charge in [-0.2, -0.15) is 5.10 Å². The van der Waals surface area contributed by atoms with Crippen LogP contribution in [0.25, 0.3) is 6.08 Å². The lowest BCUT2D eigenvalue weighted by Crippen LogP contribution is -2.41. The Morgan fingerprint density at radius 2 is 2.15 bits per heavy atom. The van der Waals surface area contributed by atoms with Gasteiger partial charge in [-0.3, -0.25) is 30.1 Å². The van der Waals surface area contributed by atoms with Crippen LogP contribution in [0.2, 0.25) is 0 Å². The fraction of sp³-hybridized carbons (Fsp3) is 0.0769. The molecule has 0 aliphatic carbocycles. The SMILES string of the molecule is Cn1cc(/C=C/C(=O)NNC(=O)c2ccccn2)cn1. The zero-order valence-electron chi connectivity index (χ0n) is 10.8. The lowest BCUT2D eigenvalue weighted by Gasteiger charge is -2.03. The third kappa shape index (κ3) is 3.77. The minimum absolute atomic E-state index is 0.226. The van der Waals surface area contributed by atoms with Gasteiger partial charge in [-0.15, -0.1) is 0 Å². The Kier molecular flexibility index (Phi) is 4.23. The Hall–Kier alpha value is -2.96. The summed E-state index contributed by atoms with van der Waals surface area (Å²) >= 11 is 0. The van der Waals surface area contributed by atoms with Crippen LogP contribution in [0.3, 0.4) is 0 Å². The zero-order valence-corrected chi connectivity index (χ0v) is 10.8. The molecule has 0 atom stereocenters. The van der Waals surface area contributed by atoms with Crippen molar-refractivity contribution in [1.82, 2.24) is 25.6 Å². The van der Waals surface area contributed by atoms with Crippen LogP contribution in [-0.4, -0.2) is 26.6 Å². The van der Waals surface area contributed by atoms with Crippen molar-refractivity contribution in [3.63, 3.8) is 0 Å². The fourth-order valence-electron chi connectivity index (χ4n) is 1.42. The Balaban J connectivity index is 1.83. The van der Waals surface area contributed by atoms with E-state index < -0.39 is 11.8 Å². The number of pyridine rings is 1. The van der Waals surface area contributed by atoms with E-state index in [0.717, 1.165) is 5.56 Å². The number of nitrogens with zero attached hydrogens (tertiary/aromatic N) is 3. The van der Waals surface area contributed by atoms with Crippen LogP contribution in [0.1, 0.15) is 16.1 Å². The molecule has 0 radical (unpaired) electrons. The van der Waals surface area contributed by atoms with Crippen molar-refractivity contribution in [3.8, 4) is 0 Å². The van der Waals surface area contributed by atoms with Crippen LogP contribution in [0.15, 0.2) is 42.9 Å². The predicted molar refractivity (Wildman–Crippen MR) is 72.1 cm³/mol. The third-order valence-electron chi connectivity index (χ3n) is 2.35. The third-order valence-corrected chi connectivity index (χ3v) is 2.35. The van der Waals surface area contributed by atoms with Crippen LogP contribution in [0.4, 0.5) is 0 Å². The van der Waals surface area contributed by atoms with Gasteiger partial charge in [0.05, 0.1) is 6.20 Å². The summed E-state index contributed by atoms with van der Waals surface area (Å²) in [5.41, 5.74) is 5.55. The minimum atomic E-state index is -0.478. The maximum Gasteiger partial charge on any atom is 0.288 e. The molecule has 2 rings (SSSR count). The van der Waals surface area contributed by atoms with Crippen LogP contribution >= 0.6 is 0 Å². The molecule has 2 N–H and O–H groups in total. The molecule has 7 heteroatoms. The largest absolute Gasteiger partial charge is 0.288 e. The Morgan fingerprint density at radius 1 is 1.30 bits per heavy atom. The molecule has 7 nitrogen and oxygen atoms in total. The van der Waals surface area contributed by atoms with E-state index in [-0.39, 0.29) is 5.69 Å². The van der Waals surface area contributed by atoms with Crippen LogP contribution in [0, 0.1) is 0 Å². The Morgan fingerprint density at radius 3 is 2.80 bits per heavy atom. The van der Waals surface area contributed by atoms with Crippen molar-refractivity contribution in [2.75, 3.05) is 0 Å². The maximum absolute atomic E-state index is 11.6. The maximum atomic E-state index is 11.6. The summed E-state index contributed by atoms with van der Waals surface area (Å²) in [6, 6.07) is 4.94. The lowest BCUT2D eigenvalue weighted by molar-refractivity contribution is -0.117. The van der Waals surface area contributed by atoms with Crippen LogP contribution in [0.5, 0.6) is 0 Å². The summed E-state index contributed by atoms with van der Waals surface area (Å²) in [7, 11) is 1.78. The summed E-state index contributed by atoms with van der Waals surface area (Å²) in [6.45, 7) is 0. The van der Waals surface area contributed by atoms with Gasteiger partial charge >= 0.3 is 0 Å². The van der Waals surface area contributed by atoms with Gasteiger partial charge in [0.15, 0.2) is 0 Å². The molecular formula is C13H13N5O2. The first-order valence-electron chi connectivity index (χ1n) is 5.83. The van der Waals surface area contributed by atoms with E-state index in [2.05, 4.69) is 20.9 Å². The number of amides is 2. The number of carbonyl (C=O) groups excluding carboxylic acids is 2. The van der Waals surface area contributed by atoms with Gasteiger partial charge in [-0.05, 0) is 18.2 Å². The van der Waals surface area contributed by atoms with Gasteiger partial charge < -0.3 is 0 Å². The first kappa shape index (κ1) is 13.5. The molecule has 0 bridgehead atoms. The molecule has 20 heavy (non-hydrogen) atoms. The molecule has 102 valence electrons. The van der Waals surface area contributed by atoms with E-state index >= 15 is 0 Å². The number of nitrogens with one attached hydrogen (secondary N) is 2. The van der Waals surface area contributed by atoms with E-state index in [9.17, 15) is 9.59 Å². The number of aryl methyl sites for hydroxylation is 1. The minimum Gasteiger partial charge on any atom is -0.275 e. The average Bonchev–Trinajstić information content (AvgIpc) is 2.89. The van der Waals surface area contributed by atoms with Crippen LogP contribution in [-0.2, 0) is 11.8 Å². The standard InChI is InChI=1S/C13H13N5O2/c1-18-9-10(8-15-18)5-6-12(19)16-17-13(20)11-4-2-3-7-14-11/h2-9H,1H3,(H,16,19)(H,17,20)/b6-5+. The van der Waals surface area contributed by atoms with E-state index in [1.807, 2.05) is 0 Å². The summed E-state index contributed by atoms with van der Waals surface area (Å²) in [6.07, 6.45) is 7.77. The number of hydrogen-bond acceptors (Lipinski definition) is 4. The van der Waals surface area contributed by atoms with Crippen LogP contribution < -0.4 is 10.9 Å². The second kappa shape index (κ2) is 6.28. The number of aromatic nitrogens is 3. The molecule has 0 fully saturated rings. The zero-order chi connectivity index (χ0) is 14.4. The molecule has 0 saturated heterocycles. The normalized spacial score (nSPS) is 10.4. The highest BCUT2D eigenvalue weighted by Gasteiger charge is 2.05. The first-order valence-corrected chi connectivity index (χ1v) is 5.83. The molecule has 2 aromatic heterocycles. The van der Waals surface area contributed by atoms with Gasteiger partial charge in [0, 0.05) is 31.1 Å². The lowest BCUT2D eigenvalue weighted by atomic mass is 10.3. The second-order valence-electron chi connectivity index (χ2n) is 3.94. The molecule has 0 spiro atoms. The molecular weight excluding hydrogens is 258 g/mol. The summed E-state index contributed by atoms with van der Waals surface area (Å²) in [4.78, 5) is 27.0. The highest BCUT2D eigenvalue weighted by Crippen LogP contribution is 1.98. The van der Waals surface area contributed by atoms with Gasteiger partial charge in [0.2, 0.25) is 0 Å². The highest BCUT2D eigenvalue weighted by atomic mass is 16.2.